The van der Waals surface area contributed by atoms with E-state index in [1.807, 2.05) is 0 Å². The summed E-state index contributed by atoms with van der Waals surface area (Å²) in [5.41, 5.74) is 12.9. The lowest BCUT2D eigenvalue weighted by Gasteiger charge is -2.35. The molecule has 2 saturated heterocycles. The number of rotatable bonds is 6. The number of hydrogen-bond acceptors (Lipinski definition) is 4. The predicted molar refractivity (Wildman–Crippen MR) is 186 cm³/mol. The Hall–Kier alpha value is -4.70. The minimum atomic E-state index is 0.124. The monoisotopic (exact) mass is 578 g/mol. The van der Waals surface area contributed by atoms with E-state index >= 15 is 0 Å². The molecule has 4 heteroatoms. The molecular weight excluding hydrogens is 536 g/mol. The summed E-state index contributed by atoms with van der Waals surface area (Å²) >= 11 is 0. The van der Waals surface area contributed by atoms with Gasteiger partial charge >= 0.3 is 0 Å². The van der Waals surface area contributed by atoms with E-state index in [0.717, 1.165) is 26.2 Å². The van der Waals surface area contributed by atoms with E-state index in [1.165, 1.54) is 56.1 Å². The normalized spacial score (nSPS) is 15.9. The van der Waals surface area contributed by atoms with Gasteiger partial charge in [-0.1, -0.05) is 95.1 Å². The van der Waals surface area contributed by atoms with Crippen molar-refractivity contribution in [1.82, 2.24) is 0 Å². The fraction of sp³-hybridized carbons (Fsp3) is 0.250. The fourth-order valence-corrected chi connectivity index (χ4v) is 6.84. The maximum Gasteiger partial charge on any atom is 0.128 e. The van der Waals surface area contributed by atoms with Crippen molar-refractivity contribution < 1.29 is 0 Å². The van der Waals surface area contributed by atoms with Gasteiger partial charge in [-0.2, -0.15) is 0 Å². The first kappa shape index (κ1) is 28.1. The zero-order valence-corrected chi connectivity index (χ0v) is 26.3. The van der Waals surface area contributed by atoms with Gasteiger partial charge in [0.2, 0.25) is 0 Å². The number of anilines is 4. The van der Waals surface area contributed by atoms with Gasteiger partial charge in [0.25, 0.3) is 0 Å². The van der Waals surface area contributed by atoms with E-state index < -0.39 is 0 Å². The number of nitrogens with zero attached hydrogens (tertiary/aromatic N) is 4. The summed E-state index contributed by atoms with van der Waals surface area (Å²) in [6, 6.07) is 45.4. The lowest BCUT2D eigenvalue weighted by molar-refractivity contribution is 0.704. The van der Waals surface area contributed by atoms with Crippen LogP contribution in [0.4, 0.5) is 22.7 Å². The molecule has 2 heterocycles. The largest absolute Gasteiger partial charge is 0.346 e. The van der Waals surface area contributed by atoms with Crippen molar-refractivity contribution in [3.05, 3.63) is 155 Å². The highest BCUT2D eigenvalue weighted by molar-refractivity contribution is 5.62. The molecule has 4 nitrogen and oxygen atoms in total. The summed E-state index contributed by atoms with van der Waals surface area (Å²) in [5, 5.41) is 0. The molecule has 0 bridgehead atoms. The van der Waals surface area contributed by atoms with Crippen molar-refractivity contribution in [2.45, 2.75) is 40.0 Å². The van der Waals surface area contributed by atoms with E-state index in [1.54, 1.807) is 0 Å². The van der Waals surface area contributed by atoms with E-state index in [0.29, 0.717) is 0 Å². The zero-order chi connectivity index (χ0) is 30.2. The Morgan fingerprint density at radius 3 is 0.727 bits per heavy atom. The molecule has 0 unspecified atom stereocenters. The van der Waals surface area contributed by atoms with Crippen LogP contribution in [0.25, 0.3) is 0 Å². The summed E-state index contributed by atoms with van der Waals surface area (Å²) < 4.78 is 0. The summed E-state index contributed by atoms with van der Waals surface area (Å²) in [4.78, 5) is 10.2. The molecule has 2 aliphatic heterocycles. The Kier molecular flexibility index (Phi) is 7.51. The van der Waals surface area contributed by atoms with Gasteiger partial charge in [-0.3, -0.25) is 0 Å². The van der Waals surface area contributed by atoms with Crippen molar-refractivity contribution in [2.24, 2.45) is 0 Å². The molecule has 44 heavy (non-hydrogen) atoms. The Labute approximate surface area is 262 Å². The van der Waals surface area contributed by atoms with Gasteiger partial charge < -0.3 is 19.6 Å². The minimum Gasteiger partial charge on any atom is -0.346 e. The second-order valence-electron chi connectivity index (χ2n) is 12.5. The standard InChI is InChI=1S/C40H42N4/c1-29-5-17-35(18-6-29)41-25-26-42(36-19-7-30(2)8-20-36)39(41)33-13-15-34(16-14-33)40-43(37-21-9-31(3)10-22-37)27-28-44(40)38-23-11-32(4)12-24-38/h5-24,39-40H,25-28H2,1-4H3. The van der Waals surface area contributed by atoms with Crippen LogP contribution < -0.4 is 19.6 Å². The molecule has 0 N–H and O–H groups in total. The molecule has 222 valence electrons. The van der Waals surface area contributed by atoms with Crippen LogP contribution in [0.3, 0.4) is 0 Å². The van der Waals surface area contributed by atoms with Crippen LogP contribution in [0.2, 0.25) is 0 Å². The molecule has 0 spiro atoms. The van der Waals surface area contributed by atoms with Gasteiger partial charge in [0.05, 0.1) is 0 Å². The predicted octanol–water partition coefficient (Wildman–Crippen LogP) is 8.97. The highest BCUT2D eigenvalue weighted by Crippen LogP contribution is 2.41. The summed E-state index contributed by atoms with van der Waals surface area (Å²) in [7, 11) is 0. The Balaban J connectivity index is 1.26. The number of hydrogen-bond donors (Lipinski definition) is 0. The van der Waals surface area contributed by atoms with Gasteiger partial charge in [-0.15, -0.1) is 0 Å². The van der Waals surface area contributed by atoms with Gasteiger partial charge in [-0.05, 0) is 87.4 Å². The third-order valence-electron chi connectivity index (χ3n) is 9.34. The van der Waals surface area contributed by atoms with Crippen LogP contribution in [0, 0.1) is 27.7 Å². The second kappa shape index (κ2) is 11.8. The van der Waals surface area contributed by atoms with Crippen LogP contribution in [0.15, 0.2) is 121 Å². The first-order valence-corrected chi connectivity index (χ1v) is 15.9. The Morgan fingerprint density at radius 1 is 0.318 bits per heavy atom. The quantitative estimate of drug-likeness (QED) is 0.199. The lowest BCUT2D eigenvalue weighted by Crippen LogP contribution is -2.32. The third-order valence-corrected chi connectivity index (χ3v) is 9.34. The molecule has 0 saturated carbocycles. The van der Waals surface area contributed by atoms with Gasteiger partial charge in [0, 0.05) is 48.9 Å². The van der Waals surface area contributed by atoms with Crippen molar-refractivity contribution in [3.63, 3.8) is 0 Å². The summed E-state index contributed by atoms with van der Waals surface area (Å²) in [6.07, 6.45) is 0.249. The van der Waals surface area contributed by atoms with Crippen molar-refractivity contribution in [1.29, 1.82) is 0 Å². The third kappa shape index (κ3) is 5.41. The van der Waals surface area contributed by atoms with E-state index in [4.69, 9.17) is 0 Å². The molecule has 5 aromatic carbocycles. The topological polar surface area (TPSA) is 13.0 Å². The average Bonchev–Trinajstić information content (AvgIpc) is 3.68. The molecule has 0 radical (unpaired) electrons. The highest BCUT2D eigenvalue weighted by atomic mass is 15.4. The highest BCUT2D eigenvalue weighted by Gasteiger charge is 2.36. The summed E-state index contributed by atoms with van der Waals surface area (Å²) in [5.74, 6) is 0. The van der Waals surface area contributed by atoms with Crippen molar-refractivity contribution in [3.8, 4) is 0 Å². The van der Waals surface area contributed by atoms with Crippen LogP contribution >= 0.6 is 0 Å². The van der Waals surface area contributed by atoms with E-state index in [-0.39, 0.29) is 12.3 Å². The van der Waals surface area contributed by atoms with Crippen molar-refractivity contribution in [2.75, 3.05) is 45.8 Å². The molecule has 7 rings (SSSR count). The summed E-state index contributed by atoms with van der Waals surface area (Å²) in [6.45, 7) is 12.6. The van der Waals surface area contributed by atoms with Gasteiger partial charge in [0.15, 0.2) is 0 Å². The average molecular weight is 579 g/mol. The van der Waals surface area contributed by atoms with Gasteiger partial charge in [0.1, 0.15) is 12.3 Å². The maximum absolute atomic E-state index is 2.56. The molecule has 0 amide bonds. The van der Waals surface area contributed by atoms with Gasteiger partial charge in [-0.25, -0.2) is 0 Å². The minimum absolute atomic E-state index is 0.124. The van der Waals surface area contributed by atoms with Crippen LogP contribution in [-0.4, -0.2) is 26.2 Å². The first-order valence-electron chi connectivity index (χ1n) is 15.9. The van der Waals surface area contributed by atoms with E-state index in [2.05, 4.69) is 169 Å². The molecule has 5 aromatic rings. The molecule has 2 aliphatic rings. The van der Waals surface area contributed by atoms with Crippen molar-refractivity contribution >= 4 is 22.7 Å². The zero-order valence-electron chi connectivity index (χ0n) is 26.3. The Bertz CT molecular complexity index is 1450. The van der Waals surface area contributed by atoms with Crippen LogP contribution in [0.5, 0.6) is 0 Å². The van der Waals surface area contributed by atoms with Crippen LogP contribution in [0.1, 0.15) is 45.7 Å². The lowest BCUT2D eigenvalue weighted by atomic mass is 10.0. The molecule has 2 fully saturated rings. The molecular formula is C40H42N4. The van der Waals surface area contributed by atoms with E-state index in [9.17, 15) is 0 Å². The Morgan fingerprint density at radius 2 is 0.523 bits per heavy atom. The number of benzene rings is 5. The SMILES string of the molecule is Cc1ccc(N2CCN(c3ccc(C)cc3)C2c2ccc(C3N(c4ccc(C)cc4)CCN3c3ccc(C)cc3)cc2)cc1. The smallest absolute Gasteiger partial charge is 0.128 e. The molecule has 0 aromatic heterocycles. The number of aryl methyl sites for hydroxylation is 4. The maximum atomic E-state index is 2.56. The molecule has 0 atom stereocenters. The second-order valence-corrected chi connectivity index (χ2v) is 12.5. The van der Waals surface area contributed by atoms with Crippen LogP contribution in [-0.2, 0) is 0 Å². The molecule has 0 aliphatic carbocycles. The first-order chi connectivity index (χ1) is 21.4. The fourth-order valence-electron chi connectivity index (χ4n) is 6.84.